The van der Waals surface area contributed by atoms with Crippen molar-refractivity contribution >= 4 is 34.1 Å². The van der Waals surface area contributed by atoms with Crippen molar-refractivity contribution in [3.8, 4) is 0 Å². The third-order valence-electron chi connectivity index (χ3n) is 2.27. The second kappa shape index (κ2) is 6.62. The Morgan fingerprint density at radius 2 is 2.41 bits per heavy atom. The van der Waals surface area contributed by atoms with Gasteiger partial charge in [-0.05, 0) is 0 Å². The molecule has 0 aliphatic carbocycles. The van der Waals surface area contributed by atoms with Gasteiger partial charge in [0.25, 0.3) is 6.33 Å². The molecule has 0 aromatic carbocycles. The number of carbonyl (C=O) groups is 2. The van der Waals surface area contributed by atoms with Crippen LogP contribution in [0.4, 0.5) is 5.13 Å². The average Bonchev–Trinajstić information content (AvgIpc) is 3.04. The van der Waals surface area contributed by atoms with E-state index >= 15 is 0 Å². The zero-order valence-corrected chi connectivity index (χ0v) is 12.1. The second-order valence-electron chi connectivity index (χ2n) is 3.88. The molecule has 1 amide bonds. The Balaban J connectivity index is 2.13. The highest BCUT2D eigenvalue weighted by molar-refractivity contribution is 7.13. The molecule has 0 radical (unpaired) electrons. The minimum Gasteiger partial charge on any atom is -0.479 e. The number of nitrogens with zero attached hydrogens (tertiary/aromatic N) is 5. The Labute approximate surface area is 127 Å². The maximum absolute atomic E-state index is 12.2. The lowest BCUT2D eigenvalue weighted by molar-refractivity contribution is -0.642. The van der Waals surface area contributed by atoms with E-state index in [1.165, 1.54) is 24.4 Å². The van der Waals surface area contributed by atoms with Gasteiger partial charge in [-0.2, -0.15) is 0 Å². The SMILES string of the molecule is CO/N=C(/C(=O)N[n+]1cnn(CC(=O)O)c1)c1csc(N)n1. The first-order valence-electron chi connectivity index (χ1n) is 5.79. The topological polar surface area (TPSA) is 149 Å². The molecule has 2 rings (SSSR count). The van der Waals surface area contributed by atoms with Gasteiger partial charge in [-0.15, -0.1) is 20.7 Å². The lowest BCUT2D eigenvalue weighted by Crippen LogP contribution is -2.49. The van der Waals surface area contributed by atoms with Gasteiger partial charge in [0.2, 0.25) is 12.9 Å². The summed E-state index contributed by atoms with van der Waals surface area (Å²) in [5, 5.41) is 17.9. The van der Waals surface area contributed by atoms with Crippen LogP contribution in [0.25, 0.3) is 0 Å². The van der Waals surface area contributed by atoms with Crippen LogP contribution in [-0.4, -0.2) is 44.6 Å². The minimum atomic E-state index is -1.05. The third-order valence-corrected chi connectivity index (χ3v) is 2.95. The molecule has 0 unspecified atom stereocenters. The van der Waals surface area contributed by atoms with Gasteiger partial charge in [-0.25, -0.2) is 15.2 Å². The maximum Gasteiger partial charge on any atom is 0.341 e. The number of nitrogens with two attached hydrogens (primary N) is 1. The van der Waals surface area contributed by atoms with Crippen molar-refractivity contribution in [1.29, 1.82) is 0 Å². The number of aliphatic carboxylic acids is 1. The average molecular weight is 326 g/mol. The fourth-order valence-electron chi connectivity index (χ4n) is 1.47. The molecule has 12 heteroatoms. The lowest BCUT2D eigenvalue weighted by Gasteiger charge is -2.02. The van der Waals surface area contributed by atoms with Gasteiger partial charge in [0.05, 0.1) is 0 Å². The lowest BCUT2D eigenvalue weighted by atomic mass is 10.3. The fraction of sp³-hybridized carbons (Fsp3) is 0.200. The van der Waals surface area contributed by atoms with E-state index in [0.29, 0.717) is 0 Å². The van der Waals surface area contributed by atoms with Crippen molar-refractivity contribution in [3.05, 3.63) is 23.7 Å². The summed E-state index contributed by atoms with van der Waals surface area (Å²) in [5.41, 5.74) is 8.15. The van der Waals surface area contributed by atoms with Crippen molar-refractivity contribution in [2.45, 2.75) is 6.54 Å². The second-order valence-corrected chi connectivity index (χ2v) is 4.77. The van der Waals surface area contributed by atoms with Gasteiger partial charge in [0.1, 0.15) is 12.8 Å². The van der Waals surface area contributed by atoms with Crippen molar-refractivity contribution in [3.63, 3.8) is 0 Å². The molecule has 0 spiro atoms. The van der Waals surface area contributed by atoms with Crippen LogP contribution in [0.1, 0.15) is 5.69 Å². The van der Waals surface area contributed by atoms with Crippen molar-refractivity contribution < 1.29 is 24.2 Å². The zero-order valence-electron chi connectivity index (χ0n) is 11.3. The molecule has 2 heterocycles. The predicted octanol–water partition coefficient (Wildman–Crippen LogP) is -1.59. The van der Waals surface area contributed by atoms with Gasteiger partial charge >= 0.3 is 11.9 Å². The van der Waals surface area contributed by atoms with E-state index in [1.807, 2.05) is 0 Å². The highest BCUT2D eigenvalue weighted by atomic mass is 32.1. The Bertz CT molecular complexity index is 722. The number of nitrogen functional groups attached to an aromatic ring is 1. The zero-order chi connectivity index (χ0) is 16.1. The fourth-order valence-corrected chi connectivity index (χ4v) is 2.01. The standard InChI is InChI=1S/C10H11N7O4S/c1-21-15-8(6-3-22-10(11)13-6)9(20)14-17-4-12-16(5-17)2-7(18)19/h3-5H,2H2,1H3,(H3-,11,13,14,18,19,20)/p+1/b15-8+. The van der Waals surface area contributed by atoms with E-state index < -0.39 is 11.9 Å². The highest BCUT2D eigenvalue weighted by Crippen LogP contribution is 2.12. The molecule has 0 fully saturated rings. The number of carboxylic acid groups (broad SMARTS) is 1. The first-order chi connectivity index (χ1) is 10.5. The van der Waals surface area contributed by atoms with Gasteiger partial charge in [0, 0.05) is 10.5 Å². The van der Waals surface area contributed by atoms with Crippen LogP contribution < -0.4 is 15.8 Å². The number of rotatable bonds is 6. The molecular formula is C10H12N7O4S+. The molecule has 0 aliphatic heterocycles. The Morgan fingerprint density at radius 1 is 1.64 bits per heavy atom. The van der Waals surface area contributed by atoms with Gasteiger partial charge in [-0.3, -0.25) is 4.79 Å². The number of oxime groups is 1. The number of thiazole rings is 1. The van der Waals surface area contributed by atoms with Crippen molar-refractivity contribution in [1.82, 2.24) is 14.8 Å². The molecule has 11 nitrogen and oxygen atoms in total. The predicted molar refractivity (Wildman–Crippen MR) is 74.5 cm³/mol. The van der Waals surface area contributed by atoms with Crippen LogP contribution in [0.2, 0.25) is 0 Å². The number of hydrogen-bond donors (Lipinski definition) is 3. The van der Waals surface area contributed by atoms with Crippen LogP contribution in [0.3, 0.4) is 0 Å². The molecule has 0 atom stereocenters. The highest BCUT2D eigenvalue weighted by Gasteiger charge is 2.21. The minimum absolute atomic E-state index is 0.0751. The number of hydrogen-bond acceptors (Lipinski definition) is 8. The number of carbonyl (C=O) groups excluding carboxylic acids is 1. The number of amides is 1. The monoisotopic (exact) mass is 326 g/mol. The van der Waals surface area contributed by atoms with E-state index in [1.54, 1.807) is 5.38 Å². The molecule has 0 bridgehead atoms. The molecular weight excluding hydrogens is 314 g/mol. The number of anilines is 1. The summed E-state index contributed by atoms with van der Waals surface area (Å²) < 4.78 is 2.32. The van der Waals surface area contributed by atoms with Gasteiger partial charge in [0.15, 0.2) is 10.8 Å². The Hall–Kier alpha value is -3.02. The van der Waals surface area contributed by atoms with E-state index in [9.17, 15) is 9.59 Å². The van der Waals surface area contributed by atoms with Crippen molar-refractivity contribution in [2.24, 2.45) is 5.16 Å². The first kappa shape index (κ1) is 15.4. The van der Waals surface area contributed by atoms with Crippen LogP contribution in [0.5, 0.6) is 0 Å². The molecule has 2 aromatic heterocycles. The van der Waals surface area contributed by atoms with Gasteiger partial charge < -0.3 is 15.7 Å². The van der Waals surface area contributed by atoms with E-state index in [2.05, 4.69) is 25.5 Å². The van der Waals surface area contributed by atoms with Crippen LogP contribution >= 0.6 is 11.3 Å². The van der Waals surface area contributed by atoms with E-state index in [4.69, 9.17) is 10.8 Å². The smallest absolute Gasteiger partial charge is 0.341 e. The summed E-state index contributed by atoms with van der Waals surface area (Å²) in [6, 6.07) is 0. The number of carboxylic acids is 1. The van der Waals surface area contributed by atoms with Crippen molar-refractivity contribution in [2.75, 3.05) is 18.3 Å². The summed E-state index contributed by atoms with van der Waals surface area (Å²) in [4.78, 5) is 31.3. The quantitative estimate of drug-likeness (QED) is 0.329. The first-order valence-corrected chi connectivity index (χ1v) is 6.67. The third kappa shape index (κ3) is 3.76. The molecule has 0 aliphatic rings. The largest absolute Gasteiger partial charge is 0.479 e. The Kier molecular flexibility index (Phi) is 4.63. The molecule has 2 aromatic rings. The van der Waals surface area contributed by atoms with E-state index in [-0.39, 0.29) is 23.1 Å². The molecule has 0 saturated heterocycles. The summed E-state index contributed by atoms with van der Waals surface area (Å²) in [6.07, 6.45) is 2.53. The molecule has 116 valence electrons. The Morgan fingerprint density at radius 3 is 3.00 bits per heavy atom. The summed E-state index contributed by atoms with van der Waals surface area (Å²) in [7, 11) is 1.29. The van der Waals surface area contributed by atoms with E-state index in [0.717, 1.165) is 16.0 Å². The van der Waals surface area contributed by atoms with Gasteiger partial charge in [-0.1, -0.05) is 5.16 Å². The summed E-state index contributed by atoms with van der Waals surface area (Å²) >= 11 is 1.15. The molecule has 4 N–H and O–H groups in total. The van der Waals surface area contributed by atoms with Crippen LogP contribution in [0, 0.1) is 0 Å². The number of aromatic nitrogens is 4. The molecule has 22 heavy (non-hydrogen) atoms. The maximum atomic E-state index is 12.2. The summed E-state index contributed by atoms with van der Waals surface area (Å²) in [5.74, 6) is -1.67. The molecule has 0 saturated carbocycles. The summed E-state index contributed by atoms with van der Waals surface area (Å²) in [6.45, 7) is -0.329. The number of nitrogens with one attached hydrogen (secondary N) is 1. The normalized spacial score (nSPS) is 11.2. The van der Waals surface area contributed by atoms with Crippen LogP contribution in [0.15, 0.2) is 23.2 Å². The van der Waals surface area contributed by atoms with Crippen LogP contribution in [-0.2, 0) is 21.0 Å².